The second-order valence-electron chi connectivity index (χ2n) is 7.29. The molecule has 2 saturated heterocycles. The summed E-state index contributed by atoms with van der Waals surface area (Å²) in [6.07, 6.45) is 4.68. The van der Waals surface area contributed by atoms with Gasteiger partial charge in [-0.15, -0.1) is 0 Å². The monoisotopic (exact) mass is 366 g/mol. The smallest absolute Gasteiger partial charge is 0.272 e. The van der Waals surface area contributed by atoms with Crippen molar-refractivity contribution in [3.8, 4) is 0 Å². The molecule has 2 aromatic rings. The average Bonchev–Trinajstić information content (AvgIpc) is 2.75. The van der Waals surface area contributed by atoms with Crippen molar-refractivity contribution in [3.63, 3.8) is 0 Å². The third-order valence-electron chi connectivity index (χ3n) is 5.48. The highest BCUT2D eigenvalue weighted by Crippen LogP contribution is 2.23. The molecule has 142 valence electrons. The quantitative estimate of drug-likeness (QED) is 0.832. The van der Waals surface area contributed by atoms with Gasteiger partial charge in [-0.25, -0.2) is 9.97 Å². The van der Waals surface area contributed by atoms with Gasteiger partial charge in [-0.1, -0.05) is 30.3 Å². The maximum atomic E-state index is 12.9. The molecule has 0 spiro atoms. The molecule has 1 aromatic carbocycles. The Morgan fingerprint density at radius 3 is 2.52 bits per heavy atom. The highest BCUT2D eigenvalue weighted by molar-refractivity contribution is 5.93. The first-order valence-electron chi connectivity index (χ1n) is 9.77. The molecule has 4 rings (SSSR count). The minimum Gasteiger partial charge on any atom is -0.378 e. The lowest BCUT2D eigenvalue weighted by atomic mass is 9.90. The molecule has 2 aliphatic rings. The Morgan fingerprint density at radius 2 is 1.78 bits per heavy atom. The number of amides is 1. The van der Waals surface area contributed by atoms with Crippen LogP contribution in [0.2, 0.25) is 0 Å². The van der Waals surface area contributed by atoms with E-state index in [9.17, 15) is 4.79 Å². The van der Waals surface area contributed by atoms with Crippen molar-refractivity contribution >= 4 is 11.7 Å². The molecule has 6 heteroatoms. The molecule has 2 fully saturated rings. The average molecular weight is 366 g/mol. The standard InChI is InChI=1S/C21H26N4O2/c26-21(19-15-20(23-16-22-19)24-10-12-27-13-11-24)25-8-6-18(7-9-25)14-17-4-2-1-3-5-17/h1-5,15-16,18H,6-14H2. The molecule has 0 saturated carbocycles. The Hall–Kier alpha value is -2.47. The molecule has 0 atom stereocenters. The van der Waals surface area contributed by atoms with Gasteiger partial charge in [-0.2, -0.15) is 0 Å². The summed E-state index contributed by atoms with van der Waals surface area (Å²) in [6.45, 7) is 4.59. The van der Waals surface area contributed by atoms with Gasteiger partial charge in [-0.05, 0) is 30.7 Å². The zero-order valence-electron chi connectivity index (χ0n) is 15.6. The van der Waals surface area contributed by atoms with E-state index in [0.717, 1.165) is 51.3 Å². The van der Waals surface area contributed by atoms with Crippen LogP contribution in [0.1, 0.15) is 28.9 Å². The minimum absolute atomic E-state index is 0.0186. The van der Waals surface area contributed by atoms with Crippen molar-refractivity contribution < 1.29 is 9.53 Å². The lowest BCUT2D eigenvalue weighted by molar-refractivity contribution is 0.0684. The number of benzene rings is 1. The van der Waals surface area contributed by atoms with Crippen LogP contribution in [0.5, 0.6) is 0 Å². The zero-order chi connectivity index (χ0) is 18.5. The lowest BCUT2D eigenvalue weighted by Crippen LogP contribution is -2.40. The van der Waals surface area contributed by atoms with Crippen LogP contribution in [0.25, 0.3) is 0 Å². The molecule has 0 bridgehead atoms. The van der Waals surface area contributed by atoms with Gasteiger partial charge in [0.25, 0.3) is 5.91 Å². The highest BCUT2D eigenvalue weighted by atomic mass is 16.5. The first-order chi connectivity index (χ1) is 13.3. The Morgan fingerprint density at radius 1 is 1.04 bits per heavy atom. The zero-order valence-corrected chi connectivity index (χ0v) is 15.6. The third-order valence-corrected chi connectivity index (χ3v) is 5.48. The van der Waals surface area contributed by atoms with Crippen LogP contribution < -0.4 is 4.90 Å². The van der Waals surface area contributed by atoms with Crippen molar-refractivity contribution in [2.45, 2.75) is 19.3 Å². The summed E-state index contributed by atoms with van der Waals surface area (Å²) >= 11 is 0. The van der Waals surface area contributed by atoms with Gasteiger partial charge in [0.1, 0.15) is 17.8 Å². The maximum Gasteiger partial charge on any atom is 0.272 e. The Balaban J connectivity index is 1.35. The van der Waals surface area contributed by atoms with Crippen molar-refractivity contribution in [2.24, 2.45) is 5.92 Å². The van der Waals surface area contributed by atoms with E-state index in [-0.39, 0.29) is 5.91 Å². The molecule has 1 amide bonds. The summed E-state index contributed by atoms with van der Waals surface area (Å²) in [7, 11) is 0. The van der Waals surface area contributed by atoms with E-state index in [1.807, 2.05) is 11.0 Å². The van der Waals surface area contributed by atoms with Crippen LogP contribution in [-0.4, -0.2) is 60.2 Å². The SMILES string of the molecule is O=C(c1cc(N2CCOCC2)ncn1)N1CCC(Cc2ccccc2)CC1. The van der Waals surface area contributed by atoms with Crippen LogP contribution in [0.15, 0.2) is 42.7 Å². The predicted octanol–water partition coefficient (Wildman–Crippen LogP) is 2.41. The fourth-order valence-electron chi connectivity index (χ4n) is 3.88. The normalized spacial score (nSPS) is 18.5. The van der Waals surface area contributed by atoms with Gasteiger partial charge >= 0.3 is 0 Å². The number of morpholine rings is 1. The van der Waals surface area contributed by atoms with Crippen LogP contribution in [0.4, 0.5) is 5.82 Å². The second kappa shape index (κ2) is 8.48. The van der Waals surface area contributed by atoms with Gasteiger partial charge in [0.05, 0.1) is 13.2 Å². The number of aromatic nitrogens is 2. The molecule has 27 heavy (non-hydrogen) atoms. The number of piperidine rings is 1. The topological polar surface area (TPSA) is 58.6 Å². The van der Waals surface area contributed by atoms with Gasteiger partial charge in [-0.3, -0.25) is 4.79 Å². The third kappa shape index (κ3) is 4.45. The fraction of sp³-hybridized carbons (Fsp3) is 0.476. The number of carbonyl (C=O) groups is 1. The molecular formula is C21H26N4O2. The minimum atomic E-state index is 0.0186. The number of carbonyl (C=O) groups excluding carboxylic acids is 1. The summed E-state index contributed by atoms with van der Waals surface area (Å²) in [5.74, 6) is 1.48. The molecule has 0 N–H and O–H groups in total. The molecule has 0 unspecified atom stereocenters. The molecule has 0 radical (unpaired) electrons. The molecule has 6 nitrogen and oxygen atoms in total. The number of hydrogen-bond acceptors (Lipinski definition) is 5. The Labute approximate surface area is 160 Å². The molecular weight excluding hydrogens is 340 g/mol. The van der Waals surface area contributed by atoms with Gasteiger partial charge < -0.3 is 14.5 Å². The highest BCUT2D eigenvalue weighted by Gasteiger charge is 2.25. The molecule has 3 heterocycles. The number of ether oxygens (including phenoxy) is 1. The van der Waals surface area contributed by atoms with Crippen LogP contribution in [-0.2, 0) is 11.2 Å². The van der Waals surface area contributed by atoms with Crippen molar-refractivity contribution in [1.82, 2.24) is 14.9 Å². The summed E-state index contributed by atoms with van der Waals surface area (Å²) in [5.41, 5.74) is 1.88. The van der Waals surface area contributed by atoms with Gasteiger partial charge in [0.15, 0.2) is 0 Å². The summed E-state index contributed by atoms with van der Waals surface area (Å²) < 4.78 is 5.39. The maximum absolute atomic E-state index is 12.9. The Bertz CT molecular complexity index is 754. The first-order valence-corrected chi connectivity index (χ1v) is 9.77. The van der Waals surface area contributed by atoms with Crippen LogP contribution in [0.3, 0.4) is 0 Å². The Kier molecular flexibility index (Phi) is 5.63. The van der Waals surface area contributed by atoms with E-state index in [1.165, 1.54) is 11.9 Å². The van der Waals surface area contributed by atoms with E-state index < -0.39 is 0 Å². The fourth-order valence-corrected chi connectivity index (χ4v) is 3.88. The van der Waals surface area contributed by atoms with Crippen LogP contribution in [0, 0.1) is 5.92 Å². The largest absolute Gasteiger partial charge is 0.378 e. The summed E-state index contributed by atoms with van der Waals surface area (Å²) in [6, 6.07) is 12.4. The second-order valence-corrected chi connectivity index (χ2v) is 7.29. The lowest BCUT2D eigenvalue weighted by Gasteiger charge is -2.32. The predicted molar refractivity (Wildman–Crippen MR) is 104 cm³/mol. The molecule has 0 aliphatic carbocycles. The number of likely N-dealkylation sites (tertiary alicyclic amines) is 1. The number of anilines is 1. The van der Waals surface area contributed by atoms with E-state index in [4.69, 9.17) is 4.74 Å². The van der Waals surface area contributed by atoms with E-state index in [2.05, 4.69) is 45.2 Å². The van der Waals surface area contributed by atoms with Crippen molar-refractivity contribution in [3.05, 3.63) is 54.0 Å². The van der Waals surface area contributed by atoms with Crippen LogP contribution >= 0.6 is 0 Å². The molecule has 2 aliphatic heterocycles. The molecule has 1 aromatic heterocycles. The summed E-state index contributed by atoms with van der Waals surface area (Å²) in [4.78, 5) is 25.6. The van der Waals surface area contributed by atoms with Crippen molar-refractivity contribution in [1.29, 1.82) is 0 Å². The van der Waals surface area contributed by atoms with E-state index >= 15 is 0 Å². The van der Waals surface area contributed by atoms with Crippen molar-refractivity contribution in [2.75, 3.05) is 44.3 Å². The van der Waals surface area contributed by atoms with E-state index in [1.54, 1.807) is 0 Å². The summed E-state index contributed by atoms with van der Waals surface area (Å²) in [5, 5.41) is 0. The van der Waals surface area contributed by atoms with Gasteiger partial charge in [0, 0.05) is 32.2 Å². The van der Waals surface area contributed by atoms with Gasteiger partial charge in [0.2, 0.25) is 0 Å². The number of nitrogens with zero attached hydrogens (tertiary/aromatic N) is 4. The first kappa shape index (κ1) is 17.9. The number of hydrogen-bond donors (Lipinski definition) is 0. The van der Waals surface area contributed by atoms with E-state index in [0.29, 0.717) is 24.8 Å². The number of rotatable bonds is 4.